The first-order chi connectivity index (χ1) is 8.11. The molecule has 0 atom stereocenters. The molecule has 0 N–H and O–H groups in total. The van der Waals surface area contributed by atoms with Crippen LogP contribution in [-0.2, 0) is 9.53 Å². The molecule has 1 aromatic carbocycles. The Kier molecular flexibility index (Phi) is 3.74. The van der Waals surface area contributed by atoms with Gasteiger partial charge in [0.1, 0.15) is 12.4 Å². The summed E-state index contributed by atoms with van der Waals surface area (Å²) in [4.78, 5) is 11.6. The highest BCUT2D eigenvalue weighted by Crippen LogP contribution is 2.36. The van der Waals surface area contributed by atoms with Gasteiger partial charge in [-0.05, 0) is 41.1 Å². The van der Waals surface area contributed by atoms with Crippen molar-refractivity contribution in [1.29, 1.82) is 0 Å². The van der Waals surface area contributed by atoms with Gasteiger partial charge >= 0.3 is 5.97 Å². The topological polar surface area (TPSA) is 35.5 Å². The minimum Gasteiger partial charge on any atom is -0.487 e. The molecule has 0 bridgehead atoms. The van der Waals surface area contributed by atoms with Gasteiger partial charge < -0.3 is 9.47 Å². The maximum absolute atomic E-state index is 11.6. The molecule has 0 aromatic heterocycles. The standard InChI is InChI=1S/C12H10BrClO3/c1-2-16-12(15)8-3-7-4-9(14)5-10(13)11(7)17-6-8/h3-5H,2,6H2,1H3. The minimum atomic E-state index is -0.353. The van der Waals surface area contributed by atoms with Crippen LogP contribution < -0.4 is 4.74 Å². The zero-order valence-electron chi connectivity index (χ0n) is 9.13. The molecule has 90 valence electrons. The van der Waals surface area contributed by atoms with Crippen LogP contribution in [0.1, 0.15) is 12.5 Å². The van der Waals surface area contributed by atoms with E-state index in [1.165, 1.54) is 0 Å². The van der Waals surface area contributed by atoms with Crippen LogP contribution in [-0.4, -0.2) is 19.2 Å². The van der Waals surface area contributed by atoms with E-state index < -0.39 is 0 Å². The molecule has 1 aliphatic heterocycles. The molecule has 0 spiro atoms. The minimum absolute atomic E-state index is 0.214. The van der Waals surface area contributed by atoms with E-state index >= 15 is 0 Å². The number of fused-ring (bicyclic) bond motifs is 1. The predicted octanol–water partition coefficient (Wildman–Crippen LogP) is 3.44. The van der Waals surface area contributed by atoms with E-state index in [4.69, 9.17) is 21.1 Å². The molecule has 0 radical (unpaired) electrons. The quantitative estimate of drug-likeness (QED) is 0.784. The third-order valence-corrected chi connectivity index (χ3v) is 3.08. The van der Waals surface area contributed by atoms with Crippen LogP contribution in [0.4, 0.5) is 0 Å². The van der Waals surface area contributed by atoms with Gasteiger partial charge in [-0.3, -0.25) is 0 Å². The maximum Gasteiger partial charge on any atom is 0.337 e. The van der Waals surface area contributed by atoms with E-state index in [0.29, 0.717) is 23.0 Å². The first kappa shape index (κ1) is 12.5. The fourth-order valence-corrected chi connectivity index (χ4v) is 2.51. The van der Waals surface area contributed by atoms with Gasteiger partial charge in [0.2, 0.25) is 0 Å². The number of halogens is 2. The van der Waals surface area contributed by atoms with Crippen LogP contribution in [0.3, 0.4) is 0 Å². The monoisotopic (exact) mass is 316 g/mol. The van der Waals surface area contributed by atoms with Gasteiger partial charge in [-0.25, -0.2) is 4.79 Å². The maximum atomic E-state index is 11.6. The number of carbonyl (C=O) groups excluding carboxylic acids is 1. The predicted molar refractivity (Wildman–Crippen MR) is 69.3 cm³/mol. The Morgan fingerprint density at radius 1 is 1.59 bits per heavy atom. The fraction of sp³-hybridized carbons (Fsp3) is 0.250. The van der Waals surface area contributed by atoms with Crippen molar-refractivity contribution in [3.8, 4) is 5.75 Å². The largest absolute Gasteiger partial charge is 0.487 e. The van der Waals surface area contributed by atoms with Crippen LogP contribution in [0.15, 0.2) is 22.2 Å². The molecule has 2 rings (SSSR count). The van der Waals surface area contributed by atoms with Crippen molar-refractivity contribution in [2.75, 3.05) is 13.2 Å². The number of esters is 1. The number of ether oxygens (including phenoxy) is 2. The van der Waals surface area contributed by atoms with Crippen LogP contribution in [0.5, 0.6) is 5.75 Å². The molecule has 0 amide bonds. The SMILES string of the molecule is CCOC(=O)C1=Cc2cc(Cl)cc(Br)c2OC1. The average molecular weight is 318 g/mol. The second kappa shape index (κ2) is 5.10. The lowest BCUT2D eigenvalue weighted by molar-refractivity contribution is -0.138. The molecule has 0 saturated heterocycles. The lowest BCUT2D eigenvalue weighted by Gasteiger charge is -2.18. The summed E-state index contributed by atoms with van der Waals surface area (Å²) < 4.78 is 11.2. The average Bonchev–Trinajstić information content (AvgIpc) is 2.28. The highest BCUT2D eigenvalue weighted by atomic mass is 79.9. The van der Waals surface area contributed by atoms with Gasteiger partial charge in [-0.2, -0.15) is 0 Å². The van der Waals surface area contributed by atoms with Gasteiger partial charge in [0, 0.05) is 10.6 Å². The molecule has 0 saturated carbocycles. The Morgan fingerprint density at radius 3 is 3.06 bits per heavy atom. The molecular weight excluding hydrogens is 307 g/mol. The highest BCUT2D eigenvalue weighted by Gasteiger charge is 2.20. The Hall–Kier alpha value is -1.00. The summed E-state index contributed by atoms with van der Waals surface area (Å²) in [6.45, 7) is 2.33. The van der Waals surface area contributed by atoms with Crippen molar-refractivity contribution in [2.24, 2.45) is 0 Å². The van der Waals surface area contributed by atoms with Gasteiger partial charge in [0.05, 0.1) is 16.7 Å². The van der Waals surface area contributed by atoms with Crippen LogP contribution in [0, 0.1) is 0 Å². The molecule has 1 aromatic rings. The van der Waals surface area contributed by atoms with E-state index in [2.05, 4.69) is 15.9 Å². The van der Waals surface area contributed by atoms with Crippen LogP contribution >= 0.6 is 27.5 Å². The van der Waals surface area contributed by atoms with E-state index in [1.54, 1.807) is 25.1 Å². The molecule has 17 heavy (non-hydrogen) atoms. The van der Waals surface area contributed by atoms with Crippen molar-refractivity contribution in [2.45, 2.75) is 6.92 Å². The smallest absolute Gasteiger partial charge is 0.337 e. The number of carbonyl (C=O) groups is 1. The van der Waals surface area contributed by atoms with Gasteiger partial charge in [-0.15, -0.1) is 0 Å². The number of hydrogen-bond acceptors (Lipinski definition) is 3. The molecular formula is C12H10BrClO3. The summed E-state index contributed by atoms with van der Waals surface area (Å²) >= 11 is 9.31. The second-order valence-corrected chi connectivity index (χ2v) is 4.78. The number of hydrogen-bond donors (Lipinski definition) is 0. The molecule has 1 aliphatic rings. The van der Waals surface area contributed by atoms with Crippen molar-refractivity contribution < 1.29 is 14.3 Å². The van der Waals surface area contributed by atoms with E-state index in [1.807, 2.05) is 0 Å². The van der Waals surface area contributed by atoms with Gasteiger partial charge in [0.15, 0.2) is 0 Å². The summed E-state index contributed by atoms with van der Waals surface area (Å²) in [5.74, 6) is 0.344. The Bertz CT molecular complexity index is 497. The van der Waals surface area contributed by atoms with Crippen LogP contribution in [0.25, 0.3) is 6.08 Å². The normalized spacial score (nSPS) is 13.5. The molecule has 5 heteroatoms. The zero-order chi connectivity index (χ0) is 12.4. The molecule has 0 unspecified atom stereocenters. The van der Waals surface area contributed by atoms with Crippen LogP contribution in [0.2, 0.25) is 5.02 Å². The first-order valence-corrected chi connectivity index (χ1v) is 6.28. The van der Waals surface area contributed by atoms with E-state index in [-0.39, 0.29) is 12.6 Å². The fourth-order valence-electron chi connectivity index (χ4n) is 1.56. The van der Waals surface area contributed by atoms with E-state index in [9.17, 15) is 4.79 Å². The third kappa shape index (κ3) is 2.64. The second-order valence-electron chi connectivity index (χ2n) is 3.48. The van der Waals surface area contributed by atoms with Gasteiger partial charge in [0.25, 0.3) is 0 Å². The van der Waals surface area contributed by atoms with E-state index in [0.717, 1.165) is 10.0 Å². The van der Waals surface area contributed by atoms with Gasteiger partial charge in [-0.1, -0.05) is 11.6 Å². The summed E-state index contributed by atoms with van der Waals surface area (Å²) in [6, 6.07) is 3.50. The van der Waals surface area contributed by atoms with Crippen molar-refractivity contribution in [1.82, 2.24) is 0 Å². The lowest BCUT2D eigenvalue weighted by atomic mass is 10.1. The molecule has 0 aliphatic carbocycles. The highest BCUT2D eigenvalue weighted by molar-refractivity contribution is 9.10. The summed E-state index contributed by atoms with van der Waals surface area (Å²) in [5, 5.41) is 0.584. The molecule has 3 nitrogen and oxygen atoms in total. The molecule has 1 heterocycles. The number of benzene rings is 1. The third-order valence-electron chi connectivity index (χ3n) is 2.28. The summed E-state index contributed by atoms with van der Waals surface area (Å²) in [6.07, 6.45) is 1.74. The van der Waals surface area contributed by atoms with Crippen molar-refractivity contribution in [3.05, 3.63) is 32.8 Å². The van der Waals surface area contributed by atoms with Crippen molar-refractivity contribution in [3.63, 3.8) is 0 Å². The number of rotatable bonds is 2. The Balaban J connectivity index is 2.37. The van der Waals surface area contributed by atoms with Crippen molar-refractivity contribution >= 4 is 39.6 Å². The first-order valence-electron chi connectivity index (χ1n) is 5.11. The molecule has 0 fully saturated rings. The summed E-state index contributed by atoms with van der Waals surface area (Å²) in [7, 11) is 0. The zero-order valence-corrected chi connectivity index (χ0v) is 11.5. The lowest BCUT2D eigenvalue weighted by Crippen LogP contribution is -2.17. The Labute approximate surface area is 112 Å². The Morgan fingerprint density at radius 2 is 2.35 bits per heavy atom. The summed E-state index contributed by atoms with van der Waals surface area (Å²) in [5.41, 5.74) is 1.27.